The van der Waals surface area contributed by atoms with Crippen molar-refractivity contribution in [1.29, 1.82) is 0 Å². The second-order valence-electron chi connectivity index (χ2n) is 1.20. The predicted molar refractivity (Wildman–Crippen MR) is 32.6 cm³/mol. The molecule has 6 heavy (non-hydrogen) atoms. The maximum absolute atomic E-state index is 3.34. The van der Waals surface area contributed by atoms with E-state index < -0.39 is 0 Å². The SMILES string of the molecule is CP(C)CBr.[Ag]. The average molecular weight is 263 g/mol. The molecule has 0 aliphatic heterocycles. The van der Waals surface area contributed by atoms with Crippen LogP contribution in [0.15, 0.2) is 0 Å². The van der Waals surface area contributed by atoms with Crippen LogP contribution in [0.1, 0.15) is 0 Å². The summed E-state index contributed by atoms with van der Waals surface area (Å²) in [5.41, 5.74) is 0. The van der Waals surface area contributed by atoms with Gasteiger partial charge in [-0.25, -0.2) is 0 Å². The first-order valence-electron chi connectivity index (χ1n) is 1.48. The molecule has 0 rings (SSSR count). The van der Waals surface area contributed by atoms with Crippen molar-refractivity contribution in [2.75, 3.05) is 18.4 Å². The van der Waals surface area contributed by atoms with Crippen molar-refractivity contribution in [3.63, 3.8) is 0 Å². The number of alkyl halides is 1. The van der Waals surface area contributed by atoms with Crippen molar-refractivity contribution in [2.24, 2.45) is 0 Å². The zero-order valence-corrected chi connectivity index (χ0v) is 7.80. The van der Waals surface area contributed by atoms with Crippen LogP contribution in [-0.2, 0) is 22.4 Å². The molecule has 0 unspecified atom stereocenters. The molecule has 0 heterocycles. The Morgan fingerprint density at radius 2 is 1.67 bits per heavy atom. The molecule has 0 saturated carbocycles. The van der Waals surface area contributed by atoms with E-state index in [0.29, 0.717) is 7.92 Å². The van der Waals surface area contributed by atoms with Crippen molar-refractivity contribution >= 4 is 23.9 Å². The van der Waals surface area contributed by atoms with Gasteiger partial charge in [0.25, 0.3) is 0 Å². The molecule has 0 nitrogen and oxygen atoms in total. The van der Waals surface area contributed by atoms with E-state index >= 15 is 0 Å². The third-order valence-electron chi connectivity index (χ3n) is 0.239. The van der Waals surface area contributed by atoms with Gasteiger partial charge in [-0.3, -0.25) is 0 Å². The summed E-state index contributed by atoms with van der Waals surface area (Å²) in [6.07, 6.45) is 0. The summed E-state index contributed by atoms with van der Waals surface area (Å²) in [5.74, 6) is 0. The first-order valence-corrected chi connectivity index (χ1v) is 5.02. The Bertz CT molecular complexity index is 24.8. The Balaban J connectivity index is 0. The standard InChI is InChI=1S/C3H8BrP.Ag/c1-5(2)3-4;/h3H2,1-2H3;. The molecular formula is C3H8AgBrP. The van der Waals surface area contributed by atoms with Crippen molar-refractivity contribution in [3.8, 4) is 0 Å². The number of hydrogen-bond acceptors (Lipinski definition) is 0. The molecular weight excluding hydrogens is 255 g/mol. The van der Waals surface area contributed by atoms with Crippen LogP contribution in [0.2, 0.25) is 0 Å². The molecule has 3 heteroatoms. The van der Waals surface area contributed by atoms with Gasteiger partial charge in [-0.15, -0.1) is 7.92 Å². The van der Waals surface area contributed by atoms with Crippen LogP contribution in [0, 0.1) is 0 Å². The number of hydrogen-bond donors (Lipinski definition) is 0. The zero-order chi connectivity index (χ0) is 4.28. The maximum Gasteiger partial charge on any atom is 0.0229 e. The molecule has 1 radical (unpaired) electrons. The summed E-state index contributed by atoms with van der Waals surface area (Å²) >= 11 is 3.34. The van der Waals surface area contributed by atoms with E-state index in [2.05, 4.69) is 29.3 Å². The fourth-order valence-corrected chi connectivity index (χ4v) is 0. The Morgan fingerprint density at radius 3 is 1.67 bits per heavy atom. The summed E-state index contributed by atoms with van der Waals surface area (Å²) < 4.78 is 0. The first-order chi connectivity index (χ1) is 2.27. The van der Waals surface area contributed by atoms with E-state index in [-0.39, 0.29) is 22.4 Å². The van der Waals surface area contributed by atoms with Crippen LogP contribution in [0.5, 0.6) is 0 Å². The van der Waals surface area contributed by atoms with E-state index in [1.54, 1.807) is 0 Å². The number of halogens is 1. The van der Waals surface area contributed by atoms with Gasteiger partial charge in [0.15, 0.2) is 0 Å². The summed E-state index contributed by atoms with van der Waals surface area (Å²) in [6.45, 7) is 4.48. The van der Waals surface area contributed by atoms with Crippen molar-refractivity contribution in [2.45, 2.75) is 0 Å². The van der Waals surface area contributed by atoms with E-state index in [1.165, 1.54) is 5.07 Å². The predicted octanol–water partition coefficient (Wildman–Crippen LogP) is 2.08. The van der Waals surface area contributed by atoms with Crippen molar-refractivity contribution in [1.82, 2.24) is 0 Å². The summed E-state index contributed by atoms with van der Waals surface area (Å²) in [7, 11) is 0.318. The average Bonchev–Trinajstić information content (AvgIpc) is 1.38. The van der Waals surface area contributed by atoms with Crippen molar-refractivity contribution < 1.29 is 22.4 Å². The van der Waals surface area contributed by atoms with Crippen LogP contribution in [0.25, 0.3) is 0 Å². The van der Waals surface area contributed by atoms with Crippen LogP contribution >= 0.6 is 23.9 Å². The molecule has 0 amide bonds. The van der Waals surface area contributed by atoms with Crippen LogP contribution in [0.3, 0.4) is 0 Å². The van der Waals surface area contributed by atoms with Crippen molar-refractivity contribution in [3.05, 3.63) is 0 Å². The van der Waals surface area contributed by atoms with Gasteiger partial charge in [-0.1, -0.05) is 15.9 Å². The van der Waals surface area contributed by atoms with Crippen LogP contribution < -0.4 is 0 Å². The normalized spacial score (nSPS) is 8.00. The Hall–Kier alpha value is 1.65. The largest absolute Gasteiger partial charge is 0.102 e. The smallest absolute Gasteiger partial charge is 0.0229 e. The first kappa shape index (κ1) is 10.6. The molecule has 0 aromatic carbocycles. The van der Waals surface area contributed by atoms with E-state index in [1.807, 2.05) is 0 Å². The molecule has 0 atom stereocenters. The van der Waals surface area contributed by atoms with Gasteiger partial charge >= 0.3 is 0 Å². The molecule has 0 aromatic rings. The monoisotopic (exact) mass is 261 g/mol. The number of rotatable bonds is 1. The van der Waals surface area contributed by atoms with Crippen LogP contribution in [-0.4, -0.2) is 18.4 Å². The molecule has 0 fully saturated rings. The second-order valence-corrected chi connectivity index (χ2v) is 5.10. The van der Waals surface area contributed by atoms with E-state index in [4.69, 9.17) is 0 Å². The molecule has 0 saturated heterocycles. The quantitative estimate of drug-likeness (QED) is 0.386. The third-order valence-corrected chi connectivity index (χ3v) is 3.73. The Morgan fingerprint density at radius 1 is 1.50 bits per heavy atom. The fraction of sp³-hybridized carbons (Fsp3) is 1.00. The molecule has 0 bridgehead atoms. The van der Waals surface area contributed by atoms with Gasteiger partial charge in [0, 0.05) is 27.5 Å². The van der Waals surface area contributed by atoms with E-state index in [0.717, 1.165) is 0 Å². The van der Waals surface area contributed by atoms with Gasteiger partial charge in [0.2, 0.25) is 0 Å². The maximum atomic E-state index is 3.34. The van der Waals surface area contributed by atoms with Gasteiger partial charge in [-0.2, -0.15) is 0 Å². The molecule has 0 spiro atoms. The minimum atomic E-state index is 0. The molecule has 0 aliphatic carbocycles. The topological polar surface area (TPSA) is 0 Å². The van der Waals surface area contributed by atoms with Gasteiger partial charge < -0.3 is 0 Å². The fourth-order valence-electron chi connectivity index (χ4n) is 0. The summed E-state index contributed by atoms with van der Waals surface area (Å²) in [6, 6.07) is 0. The molecule has 0 aliphatic rings. The third kappa shape index (κ3) is 9.17. The summed E-state index contributed by atoms with van der Waals surface area (Å²) in [5, 5.41) is 1.18. The van der Waals surface area contributed by atoms with Gasteiger partial charge in [0.1, 0.15) is 0 Å². The minimum absolute atomic E-state index is 0. The second kappa shape index (κ2) is 6.65. The van der Waals surface area contributed by atoms with E-state index in [9.17, 15) is 0 Å². The van der Waals surface area contributed by atoms with Gasteiger partial charge in [0.05, 0.1) is 0 Å². The summed E-state index contributed by atoms with van der Waals surface area (Å²) in [4.78, 5) is 0. The minimum Gasteiger partial charge on any atom is -0.102 e. The zero-order valence-electron chi connectivity index (χ0n) is 3.83. The molecule has 0 aromatic heterocycles. The Kier molecular flexibility index (Phi) is 11.7. The van der Waals surface area contributed by atoms with Crippen LogP contribution in [0.4, 0.5) is 0 Å². The Labute approximate surface area is 64.5 Å². The van der Waals surface area contributed by atoms with Gasteiger partial charge in [-0.05, 0) is 13.3 Å². The molecule has 0 N–H and O–H groups in total. The molecule has 43 valence electrons.